The fourth-order valence-electron chi connectivity index (χ4n) is 5.68. The van der Waals surface area contributed by atoms with Gasteiger partial charge in [0.25, 0.3) is 0 Å². The van der Waals surface area contributed by atoms with Gasteiger partial charge in [-0.15, -0.1) is 6.42 Å². The number of halogens is 11. The summed E-state index contributed by atoms with van der Waals surface area (Å²) in [5.74, 6) is -21.8. The number of hydrogen-bond donors (Lipinski definition) is 1. The number of fused-ring (bicyclic) bond motifs is 3. The second-order valence-corrected chi connectivity index (χ2v) is 11.1. The van der Waals surface area contributed by atoms with Crippen LogP contribution < -0.4 is 10.5 Å². The van der Waals surface area contributed by atoms with Crippen molar-refractivity contribution in [3.63, 3.8) is 0 Å². The van der Waals surface area contributed by atoms with E-state index in [1.165, 1.54) is 0 Å². The van der Waals surface area contributed by atoms with E-state index in [0.717, 1.165) is 17.0 Å². The predicted molar refractivity (Wildman–Crippen MR) is 164 cm³/mol. The van der Waals surface area contributed by atoms with Crippen molar-refractivity contribution in [2.75, 3.05) is 6.73 Å². The zero-order valence-electron chi connectivity index (χ0n) is 25.3. The molecule has 1 unspecified atom stereocenters. The normalized spacial score (nSPS) is 16.5. The lowest BCUT2D eigenvalue weighted by molar-refractivity contribution is 0.161. The first-order valence-corrected chi connectivity index (χ1v) is 14.3. The van der Waals surface area contributed by atoms with Crippen LogP contribution in [0.3, 0.4) is 0 Å². The molecule has 7 rings (SSSR count). The van der Waals surface area contributed by atoms with E-state index >= 15 is 0 Å². The molecule has 52 heavy (non-hydrogen) atoms. The van der Waals surface area contributed by atoms with E-state index in [1.54, 1.807) is 0 Å². The van der Waals surface area contributed by atoms with Gasteiger partial charge in [0, 0.05) is 33.0 Å². The maximum absolute atomic E-state index is 14.7. The molecule has 0 saturated carbocycles. The van der Waals surface area contributed by atoms with Gasteiger partial charge in [0.15, 0.2) is 53.2 Å². The molecule has 2 radical (unpaired) electrons. The fourth-order valence-corrected chi connectivity index (χ4v) is 5.68. The van der Waals surface area contributed by atoms with Gasteiger partial charge in [0.1, 0.15) is 29.3 Å². The molecule has 2 N–H and O–H groups in total. The number of ether oxygens (including phenoxy) is 1. The standard InChI is InChI=1S/C33H12BF11N6O/c1-2-22-10-3-16(35)19(38)6-13(10)31(50(22)9-52-28-26(44)24(42)23(41)25(43)27(28)45)49-33-15-8-21(40)20(39)7-14(15)32(51(33)34)48-30-12-5-18(37)17(36)4-11(12)29(46)47-30/h1,3-8,22H,9H2,(H2,46,47,48). The number of amidine groups is 3. The second-order valence-electron chi connectivity index (χ2n) is 11.1. The third-order valence-electron chi connectivity index (χ3n) is 8.11. The highest BCUT2D eigenvalue weighted by atomic mass is 19.2. The van der Waals surface area contributed by atoms with Gasteiger partial charge >= 0.3 is 0 Å². The van der Waals surface area contributed by atoms with Crippen LogP contribution >= 0.6 is 0 Å². The van der Waals surface area contributed by atoms with E-state index < -0.39 is 100.0 Å². The molecule has 1 aromatic heterocycles. The Labute approximate surface area is 284 Å². The molecule has 3 heterocycles. The highest BCUT2D eigenvalue weighted by molar-refractivity contribution is 6.24. The van der Waals surface area contributed by atoms with E-state index in [0.29, 0.717) is 28.7 Å². The first kappa shape index (κ1) is 34.1. The average Bonchev–Trinajstić information content (AvgIpc) is 3.65. The predicted octanol–water partition coefficient (Wildman–Crippen LogP) is 7.00. The van der Waals surface area contributed by atoms with Crippen LogP contribution in [0.4, 0.5) is 59.9 Å². The van der Waals surface area contributed by atoms with Crippen LogP contribution in [0.15, 0.2) is 51.4 Å². The number of nitrogens with zero attached hydrogens (tertiary/aromatic N) is 5. The SMILES string of the molecule is [B]n1c(N=C2N=C(N)c3cc(F)c(F)cc32)c2cc(F)c(F)cc2c1N=C1c2cc(F)c(F)cc2C(C#C)N1COc1c(F)c(F)c(F)c(F)c1F. The number of rotatable bonds is 5. The molecule has 0 bridgehead atoms. The molecule has 260 valence electrons. The largest absolute Gasteiger partial charge is 0.467 e. The summed E-state index contributed by atoms with van der Waals surface area (Å²) in [5, 5.41) is -0.568. The quantitative estimate of drug-likeness (QED) is 0.0696. The zero-order valence-corrected chi connectivity index (χ0v) is 25.3. The number of benzene rings is 4. The molecular weight excluding hydrogens is 716 g/mol. The lowest BCUT2D eigenvalue weighted by Crippen LogP contribution is -2.32. The minimum absolute atomic E-state index is 0.0589. The Morgan fingerprint density at radius 3 is 1.75 bits per heavy atom. The van der Waals surface area contributed by atoms with Gasteiger partial charge in [-0.05, 0) is 36.4 Å². The van der Waals surface area contributed by atoms with Crippen molar-refractivity contribution in [1.29, 1.82) is 0 Å². The smallest absolute Gasteiger partial charge is 0.238 e. The van der Waals surface area contributed by atoms with Crippen LogP contribution in [-0.2, 0) is 0 Å². The molecule has 19 heteroatoms. The maximum atomic E-state index is 14.7. The molecule has 0 amide bonds. The van der Waals surface area contributed by atoms with Crippen molar-refractivity contribution >= 4 is 47.9 Å². The molecule has 4 aromatic carbocycles. The number of nitrogens with two attached hydrogens (primary N) is 1. The summed E-state index contributed by atoms with van der Waals surface area (Å²) in [7, 11) is 6.32. The van der Waals surface area contributed by atoms with Crippen LogP contribution in [0.1, 0.15) is 28.3 Å². The number of aromatic nitrogens is 1. The Morgan fingerprint density at radius 2 is 1.17 bits per heavy atom. The molecule has 0 saturated heterocycles. The summed E-state index contributed by atoms with van der Waals surface area (Å²) in [6.07, 6.45) is 5.65. The summed E-state index contributed by atoms with van der Waals surface area (Å²) in [4.78, 5) is 13.4. The first-order valence-electron chi connectivity index (χ1n) is 14.3. The van der Waals surface area contributed by atoms with Crippen molar-refractivity contribution in [2.24, 2.45) is 20.7 Å². The Kier molecular flexibility index (Phi) is 8.00. The Bertz CT molecular complexity index is 2530. The van der Waals surface area contributed by atoms with E-state index in [2.05, 4.69) is 20.9 Å². The molecule has 0 aliphatic carbocycles. The van der Waals surface area contributed by atoms with Crippen molar-refractivity contribution in [1.82, 2.24) is 9.38 Å². The maximum Gasteiger partial charge on any atom is 0.238 e. The van der Waals surface area contributed by atoms with Gasteiger partial charge in [-0.3, -0.25) is 0 Å². The van der Waals surface area contributed by atoms with Crippen LogP contribution in [0, 0.1) is 76.3 Å². The highest BCUT2D eigenvalue weighted by Crippen LogP contribution is 2.42. The van der Waals surface area contributed by atoms with E-state index in [9.17, 15) is 48.3 Å². The molecule has 0 fully saturated rings. The number of aliphatic imine (C=N–C) groups is 3. The Balaban J connectivity index is 1.44. The Hall–Kier alpha value is -6.32. The second kappa shape index (κ2) is 12.2. The van der Waals surface area contributed by atoms with Crippen LogP contribution in [0.5, 0.6) is 5.75 Å². The minimum Gasteiger partial charge on any atom is -0.467 e. The van der Waals surface area contributed by atoms with E-state index in [1.807, 2.05) is 0 Å². The summed E-state index contributed by atoms with van der Waals surface area (Å²) < 4.78 is 163. The number of terminal acetylenes is 1. The summed E-state index contributed by atoms with van der Waals surface area (Å²) in [6, 6.07) is 2.51. The first-order chi connectivity index (χ1) is 24.6. The molecule has 0 spiro atoms. The van der Waals surface area contributed by atoms with Crippen molar-refractivity contribution < 1.29 is 53.0 Å². The molecule has 7 nitrogen and oxygen atoms in total. The summed E-state index contributed by atoms with van der Waals surface area (Å²) in [6.45, 7) is -1.18. The molecular formula is C33H12BF11N6O. The summed E-state index contributed by atoms with van der Waals surface area (Å²) in [5.41, 5.74) is 5.19. The van der Waals surface area contributed by atoms with E-state index in [-0.39, 0.29) is 44.7 Å². The van der Waals surface area contributed by atoms with Gasteiger partial charge in [-0.2, -0.15) is 8.78 Å². The molecule has 1 atom stereocenters. The van der Waals surface area contributed by atoms with E-state index in [4.69, 9.17) is 24.9 Å². The average molecular weight is 728 g/mol. The fraction of sp³-hybridized carbons (Fsp3) is 0.0606. The third kappa shape index (κ3) is 5.12. The van der Waals surface area contributed by atoms with Crippen molar-refractivity contribution in [3.8, 4) is 18.1 Å². The zero-order chi connectivity index (χ0) is 37.5. The monoisotopic (exact) mass is 728 g/mol. The molecule has 5 aromatic rings. The molecule has 2 aliphatic heterocycles. The molecule has 2 aliphatic rings. The highest BCUT2D eigenvalue weighted by Gasteiger charge is 2.38. The lowest BCUT2D eigenvalue weighted by atomic mass is 10.0. The Morgan fingerprint density at radius 1 is 0.692 bits per heavy atom. The topological polar surface area (TPSA) is 80.5 Å². The van der Waals surface area contributed by atoms with Gasteiger partial charge < -0.3 is 19.8 Å². The third-order valence-corrected chi connectivity index (χ3v) is 8.11. The number of hydrogen-bond acceptors (Lipinski definition) is 4. The lowest BCUT2D eigenvalue weighted by Gasteiger charge is -2.24. The van der Waals surface area contributed by atoms with Gasteiger partial charge in [0.2, 0.25) is 37.1 Å². The van der Waals surface area contributed by atoms with Crippen LogP contribution in [0.25, 0.3) is 10.8 Å². The van der Waals surface area contributed by atoms with Crippen LogP contribution in [0.2, 0.25) is 0 Å². The van der Waals surface area contributed by atoms with Crippen molar-refractivity contribution in [3.05, 3.63) is 123 Å². The van der Waals surface area contributed by atoms with Gasteiger partial charge in [0.05, 0.1) is 0 Å². The minimum atomic E-state index is -2.48. The van der Waals surface area contributed by atoms with Crippen LogP contribution in [-0.4, -0.2) is 41.6 Å². The van der Waals surface area contributed by atoms with Gasteiger partial charge in [-0.1, -0.05) is 5.92 Å². The van der Waals surface area contributed by atoms with Gasteiger partial charge in [-0.25, -0.2) is 54.5 Å². The van der Waals surface area contributed by atoms with Crippen molar-refractivity contribution in [2.45, 2.75) is 6.04 Å². The summed E-state index contributed by atoms with van der Waals surface area (Å²) >= 11 is 0.